The zero-order valence-corrected chi connectivity index (χ0v) is 9.93. The second-order valence-electron chi connectivity index (χ2n) is 3.78. The molecule has 0 fully saturated rings. The van der Waals surface area contributed by atoms with Crippen LogP contribution in [0.1, 0.15) is 26.3 Å². The average molecular weight is 211 g/mol. The number of rotatable bonds is 3. The van der Waals surface area contributed by atoms with Gasteiger partial charge in [-0.25, -0.2) is 9.97 Å². The van der Waals surface area contributed by atoms with Gasteiger partial charge >= 0.3 is 0 Å². The molecule has 1 atom stereocenters. The number of thioether (sulfide) groups is 1. The maximum Gasteiger partial charge on any atom is 0.221 e. The van der Waals surface area contributed by atoms with Crippen molar-refractivity contribution in [3.8, 4) is 0 Å². The Balaban J connectivity index is 2.80. The maximum atomic E-state index is 5.54. The van der Waals surface area contributed by atoms with Crippen LogP contribution in [0, 0.1) is 12.8 Å². The lowest BCUT2D eigenvalue weighted by Gasteiger charge is -2.15. The highest BCUT2D eigenvalue weighted by Crippen LogP contribution is 2.28. The van der Waals surface area contributed by atoms with Crippen molar-refractivity contribution in [1.29, 1.82) is 0 Å². The van der Waals surface area contributed by atoms with Gasteiger partial charge in [0.25, 0.3) is 0 Å². The molecule has 0 amide bonds. The Morgan fingerprint density at radius 2 is 2.00 bits per heavy atom. The predicted molar refractivity (Wildman–Crippen MR) is 61.3 cm³/mol. The second kappa shape index (κ2) is 4.64. The molecule has 0 aliphatic heterocycles. The minimum Gasteiger partial charge on any atom is -0.368 e. The molecule has 3 nitrogen and oxygen atoms in total. The molecular weight excluding hydrogens is 194 g/mol. The van der Waals surface area contributed by atoms with Crippen molar-refractivity contribution < 1.29 is 0 Å². The van der Waals surface area contributed by atoms with Crippen molar-refractivity contribution in [3.63, 3.8) is 0 Å². The molecule has 1 aromatic rings. The number of anilines is 1. The van der Waals surface area contributed by atoms with Gasteiger partial charge < -0.3 is 5.73 Å². The van der Waals surface area contributed by atoms with Gasteiger partial charge in [-0.15, -0.1) is 11.8 Å². The van der Waals surface area contributed by atoms with Gasteiger partial charge in [-0.3, -0.25) is 0 Å². The molecule has 1 unspecified atom stereocenters. The van der Waals surface area contributed by atoms with Gasteiger partial charge in [-0.2, -0.15) is 0 Å². The Hall–Kier alpha value is -0.770. The standard InChI is InChI=1S/C10H17N3S/c1-6(2)8(4)14-9-7(3)5-12-10(11)13-9/h5-6,8H,1-4H3,(H2,11,12,13). The highest BCUT2D eigenvalue weighted by molar-refractivity contribution is 7.99. The maximum absolute atomic E-state index is 5.54. The van der Waals surface area contributed by atoms with Crippen LogP contribution in [0.25, 0.3) is 0 Å². The summed E-state index contributed by atoms with van der Waals surface area (Å²) in [4.78, 5) is 8.17. The lowest BCUT2D eigenvalue weighted by molar-refractivity contribution is 0.641. The number of aromatic nitrogens is 2. The normalized spacial score (nSPS) is 13.2. The third-order valence-corrected chi connectivity index (χ3v) is 3.73. The SMILES string of the molecule is Cc1cnc(N)nc1SC(C)C(C)C. The summed E-state index contributed by atoms with van der Waals surface area (Å²) in [6.07, 6.45) is 1.78. The first kappa shape index (κ1) is 11.3. The molecule has 0 saturated heterocycles. The topological polar surface area (TPSA) is 51.8 Å². The molecule has 4 heteroatoms. The van der Waals surface area contributed by atoms with Gasteiger partial charge in [0.2, 0.25) is 5.95 Å². The van der Waals surface area contributed by atoms with E-state index in [2.05, 4.69) is 30.7 Å². The lowest BCUT2D eigenvalue weighted by atomic mass is 10.2. The first-order valence-electron chi connectivity index (χ1n) is 4.76. The van der Waals surface area contributed by atoms with Gasteiger partial charge in [0.15, 0.2) is 0 Å². The van der Waals surface area contributed by atoms with Gasteiger partial charge in [0.05, 0.1) is 0 Å². The fourth-order valence-corrected chi connectivity index (χ4v) is 1.88. The van der Waals surface area contributed by atoms with E-state index in [0.717, 1.165) is 10.6 Å². The van der Waals surface area contributed by atoms with Gasteiger partial charge in [0, 0.05) is 11.4 Å². The van der Waals surface area contributed by atoms with Gasteiger partial charge in [-0.1, -0.05) is 20.8 Å². The van der Waals surface area contributed by atoms with Crippen LogP contribution < -0.4 is 5.73 Å². The summed E-state index contributed by atoms with van der Waals surface area (Å²) in [5, 5.41) is 1.54. The Morgan fingerprint density at radius 3 is 2.57 bits per heavy atom. The molecule has 0 saturated carbocycles. The Labute approximate surface area is 89.5 Å². The van der Waals surface area contributed by atoms with Crippen LogP contribution in [0.4, 0.5) is 5.95 Å². The van der Waals surface area contributed by atoms with Crippen molar-refractivity contribution >= 4 is 17.7 Å². The lowest BCUT2D eigenvalue weighted by Crippen LogP contribution is -2.07. The van der Waals surface area contributed by atoms with Crippen LogP contribution in [0.3, 0.4) is 0 Å². The first-order valence-corrected chi connectivity index (χ1v) is 5.64. The molecule has 0 bridgehead atoms. The summed E-state index contributed by atoms with van der Waals surface area (Å²) < 4.78 is 0. The molecule has 0 aliphatic rings. The van der Waals surface area contributed by atoms with E-state index in [9.17, 15) is 0 Å². The Morgan fingerprint density at radius 1 is 1.36 bits per heavy atom. The van der Waals surface area contributed by atoms with Gasteiger partial charge in [0.1, 0.15) is 5.03 Å². The molecule has 0 radical (unpaired) electrons. The number of hydrogen-bond donors (Lipinski definition) is 1. The van der Waals surface area contributed by atoms with Crippen LogP contribution in [0.5, 0.6) is 0 Å². The molecule has 2 N–H and O–H groups in total. The van der Waals surface area contributed by atoms with Gasteiger partial charge in [-0.05, 0) is 18.4 Å². The quantitative estimate of drug-likeness (QED) is 0.616. The fourth-order valence-electron chi connectivity index (χ4n) is 0.871. The van der Waals surface area contributed by atoms with Crippen LogP contribution in [-0.4, -0.2) is 15.2 Å². The molecule has 0 spiro atoms. The second-order valence-corrected chi connectivity index (χ2v) is 5.15. The Bertz CT molecular complexity index is 312. The van der Waals surface area contributed by atoms with Crippen LogP contribution in [0.15, 0.2) is 11.2 Å². The van der Waals surface area contributed by atoms with E-state index in [1.807, 2.05) is 6.92 Å². The zero-order chi connectivity index (χ0) is 10.7. The van der Waals surface area contributed by atoms with E-state index in [1.165, 1.54) is 0 Å². The summed E-state index contributed by atoms with van der Waals surface area (Å²) in [6.45, 7) is 8.62. The van der Waals surface area contributed by atoms with E-state index in [1.54, 1.807) is 18.0 Å². The molecule has 14 heavy (non-hydrogen) atoms. The number of nitrogens with two attached hydrogens (primary N) is 1. The largest absolute Gasteiger partial charge is 0.368 e. The highest BCUT2D eigenvalue weighted by atomic mass is 32.2. The number of nitrogens with zero attached hydrogens (tertiary/aromatic N) is 2. The van der Waals surface area contributed by atoms with E-state index in [0.29, 0.717) is 17.1 Å². The minimum atomic E-state index is 0.356. The average Bonchev–Trinajstić information content (AvgIpc) is 2.11. The smallest absolute Gasteiger partial charge is 0.221 e. The highest BCUT2D eigenvalue weighted by Gasteiger charge is 2.11. The molecule has 1 aromatic heterocycles. The zero-order valence-electron chi connectivity index (χ0n) is 9.11. The minimum absolute atomic E-state index is 0.356. The summed E-state index contributed by atoms with van der Waals surface area (Å²) in [5.74, 6) is 0.990. The number of hydrogen-bond acceptors (Lipinski definition) is 4. The molecule has 1 heterocycles. The molecular formula is C10H17N3S. The Kier molecular flexibility index (Phi) is 3.75. The fraction of sp³-hybridized carbons (Fsp3) is 0.600. The monoisotopic (exact) mass is 211 g/mol. The van der Waals surface area contributed by atoms with Crippen molar-refractivity contribution in [1.82, 2.24) is 9.97 Å². The van der Waals surface area contributed by atoms with E-state index in [4.69, 9.17) is 5.73 Å². The van der Waals surface area contributed by atoms with Crippen molar-refractivity contribution in [3.05, 3.63) is 11.8 Å². The van der Waals surface area contributed by atoms with Crippen LogP contribution in [0.2, 0.25) is 0 Å². The van der Waals surface area contributed by atoms with E-state index < -0.39 is 0 Å². The number of nitrogen functional groups attached to an aromatic ring is 1. The van der Waals surface area contributed by atoms with Crippen LogP contribution in [-0.2, 0) is 0 Å². The van der Waals surface area contributed by atoms with E-state index >= 15 is 0 Å². The summed E-state index contributed by atoms with van der Waals surface area (Å²) in [7, 11) is 0. The summed E-state index contributed by atoms with van der Waals surface area (Å²) in [5.41, 5.74) is 6.64. The van der Waals surface area contributed by atoms with E-state index in [-0.39, 0.29) is 0 Å². The summed E-state index contributed by atoms with van der Waals surface area (Å²) in [6, 6.07) is 0. The van der Waals surface area contributed by atoms with Crippen LogP contribution >= 0.6 is 11.8 Å². The molecule has 1 rings (SSSR count). The van der Waals surface area contributed by atoms with Crippen molar-refractivity contribution in [2.24, 2.45) is 5.92 Å². The molecule has 0 aliphatic carbocycles. The molecule has 0 aromatic carbocycles. The third-order valence-electron chi connectivity index (χ3n) is 2.18. The predicted octanol–water partition coefficient (Wildman–Crippen LogP) is 2.50. The summed E-state index contributed by atoms with van der Waals surface area (Å²) >= 11 is 1.76. The van der Waals surface area contributed by atoms with Crippen molar-refractivity contribution in [2.75, 3.05) is 5.73 Å². The first-order chi connectivity index (χ1) is 6.50. The van der Waals surface area contributed by atoms with Crippen molar-refractivity contribution in [2.45, 2.75) is 38.0 Å². The number of aryl methyl sites for hydroxylation is 1. The third kappa shape index (κ3) is 2.87. The molecule has 78 valence electrons.